The number of pyridine rings is 1. The topological polar surface area (TPSA) is 64.9 Å². The maximum atomic E-state index is 5.68. The van der Waals surface area contributed by atoms with Gasteiger partial charge < -0.3 is 11.5 Å². The minimum Gasteiger partial charge on any atom is -0.329 e. The lowest BCUT2D eigenvalue weighted by atomic mass is 10.1. The van der Waals surface area contributed by atoms with Gasteiger partial charge in [0, 0.05) is 29.5 Å². The molecule has 0 aliphatic carbocycles. The molecule has 0 fully saturated rings. The van der Waals surface area contributed by atoms with Gasteiger partial charge in [-0.3, -0.25) is 4.98 Å². The van der Waals surface area contributed by atoms with Crippen LogP contribution in [0.15, 0.2) is 22.9 Å². The van der Waals surface area contributed by atoms with E-state index in [1.165, 1.54) is 0 Å². The molecule has 0 radical (unpaired) electrons. The highest BCUT2D eigenvalue weighted by Gasteiger charge is 2.02. The van der Waals surface area contributed by atoms with Crippen molar-refractivity contribution >= 4 is 28.3 Å². The summed E-state index contributed by atoms with van der Waals surface area (Å²) in [5, 5.41) is 0. The summed E-state index contributed by atoms with van der Waals surface area (Å²) >= 11 is 3.30. The zero-order valence-corrected chi connectivity index (χ0v) is 8.81. The van der Waals surface area contributed by atoms with Gasteiger partial charge in [0.15, 0.2) is 0 Å². The summed E-state index contributed by atoms with van der Waals surface area (Å²) in [6, 6.07) is 1.81. The third-order valence-electron chi connectivity index (χ3n) is 1.41. The molecule has 1 aromatic rings. The molecule has 0 spiro atoms. The van der Waals surface area contributed by atoms with Gasteiger partial charge in [-0.05, 0) is 27.6 Å². The van der Waals surface area contributed by atoms with Gasteiger partial charge in [-0.1, -0.05) is 0 Å². The Labute approximate surface area is 86.1 Å². The van der Waals surface area contributed by atoms with Crippen LogP contribution in [-0.2, 0) is 0 Å². The van der Waals surface area contributed by atoms with Gasteiger partial charge in [0.05, 0.1) is 0 Å². The fourth-order valence-corrected chi connectivity index (χ4v) is 1.15. The van der Waals surface area contributed by atoms with E-state index in [4.69, 9.17) is 11.5 Å². The van der Waals surface area contributed by atoms with E-state index in [0.29, 0.717) is 6.54 Å². The minimum absolute atomic E-state index is 0. The number of rotatable bonds is 2. The second-order valence-electron chi connectivity index (χ2n) is 2.28. The van der Waals surface area contributed by atoms with Gasteiger partial charge >= 0.3 is 0 Å². The van der Waals surface area contributed by atoms with Crippen LogP contribution in [0.5, 0.6) is 0 Å². The molecule has 0 aliphatic rings. The Hall–Kier alpha value is -0.160. The molecule has 0 aromatic carbocycles. The van der Waals surface area contributed by atoms with Crippen LogP contribution in [0.4, 0.5) is 0 Å². The van der Waals surface area contributed by atoms with E-state index in [0.717, 1.165) is 10.0 Å². The summed E-state index contributed by atoms with van der Waals surface area (Å²) in [6.45, 7) is 0.443. The number of hydrogen-bond acceptors (Lipinski definition) is 3. The highest BCUT2D eigenvalue weighted by molar-refractivity contribution is 9.10. The summed E-state index contributed by atoms with van der Waals surface area (Å²) in [4.78, 5) is 3.97. The molecule has 68 valence electrons. The molecular formula is C7H11BrClN3. The number of halogens is 2. The summed E-state index contributed by atoms with van der Waals surface area (Å²) in [7, 11) is 0. The van der Waals surface area contributed by atoms with Crippen LogP contribution >= 0.6 is 28.3 Å². The fourth-order valence-electron chi connectivity index (χ4n) is 0.767. The Kier molecular flexibility index (Phi) is 5.41. The lowest BCUT2D eigenvalue weighted by Gasteiger charge is -2.07. The van der Waals surface area contributed by atoms with Crippen LogP contribution in [0.3, 0.4) is 0 Å². The summed E-state index contributed by atoms with van der Waals surface area (Å²) in [5.74, 6) is 0. The Balaban J connectivity index is 0.00000121. The number of nitrogens with two attached hydrogens (primary N) is 2. The second-order valence-corrected chi connectivity index (χ2v) is 3.19. The van der Waals surface area contributed by atoms with Gasteiger partial charge in [0.25, 0.3) is 0 Å². The lowest BCUT2D eigenvalue weighted by molar-refractivity contribution is 0.732. The molecule has 1 rings (SSSR count). The Morgan fingerprint density at radius 3 is 2.67 bits per heavy atom. The molecule has 0 saturated carbocycles. The third kappa shape index (κ3) is 3.06. The maximum Gasteiger partial charge on any atom is 0.0435 e. The van der Waals surface area contributed by atoms with Crippen LogP contribution < -0.4 is 11.5 Å². The molecule has 0 saturated heterocycles. The molecule has 0 amide bonds. The minimum atomic E-state index is -0.111. The quantitative estimate of drug-likeness (QED) is 0.832. The van der Waals surface area contributed by atoms with Gasteiger partial charge in [-0.15, -0.1) is 12.4 Å². The molecule has 1 aromatic heterocycles. The predicted octanol–water partition coefficient (Wildman–Crippen LogP) is 1.22. The first kappa shape index (κ1) is 11.8. The highest BCUT2D eigenvalue weighted by Crippen LogP contribution is 2.13. The number of hydrogen-bond donors (Lipinski definition) is 2. The van der Waals surface area contributed by atoms with E-state index < -0.39 is 0 Å². The zero-order chi connectivity index (χ0) is 8.27. The van der Waals surface area contributed by atoms with E-state index >= 15 is 0 Å². The highest BCUT2D eigenvalue weighted by atomic mass is 79.9. The summed E-state index contributed by atoms with van der Waals surface area (Å²) in [5.41, 5.74) is 12.0. The first-order chi connectivity index (χ1) is 5.24. The molecule has 0 bridgehead atoms. The molecule has 5 heteroatoms. The van der Waals surface area contributed by atoms with Gasteiger partial charge in [0.1, 0.15) is 0 Å². The van der Waals surface area contributed by atoms with Crippen molar-refractivity contribution in [2.45, 2.75) is 6.04 Å². The van der Waals surface area contributed by atoms with Crippen molar-refractivity contribution in [3.8, 4) is 0 Å². The van der Waals surface area contributed by atoms with Crippen LogP contribution in [-0.4, -0.2) is 11.5 Å². The largest absolute Gasteiger partial charge is 0.329 e. The third-order valence-corrected chi connectivity index (χ3v) is 1.84. The average Bonchev–Trinajstić information content (AvgIpc) is 2.03. The van der Waals surface area contributed by atoms with Crippen molar-refractivity contribution in [3.63, 3.8) is 0 Å². The van der Waals surface area contributed by atoms with E-state index in [1.54, 1.807) is 12.4 Å². The Morgan fingerprint density at radius 1 is 1.50 bits per heavy atom. The van der Waals surface area contributed by atoms with Crippen molar-refractivity contribution in [2.75, 3.05) is 6.54 Å². The molecule has 0 aliphatic heterocycles. The van der Waals surface area contributed by atoms with Crippen molar-refractivity contribution in [3.05, 3.63) is 28.5 Å². The fraction of sp³-hybridized carbons (Fsp3) is 0.286. The maximum absolute atomic E-state index is 5.68. The number of nitrogens with zero attached hydrogens (tertiary/aromatic N) is 1. The van der Waals surface area contributed by atoms with Crippen molar-refractivity contribution in [1.82, 2.24) is 4.98 Å². The van der Waals surface area contributed by atoms with Gasteiger partial charge in [-0.25, -0.2) is 0 Å². The number of aromatic nitrogens is 1. The monoisotopic (exact) mass is 251 g/mol. The van der Waals surface area contributed by atoms with Crippen LogP contribution in [0.25, 0.3) is 0 Å². The predicted molar refractivity (Wildman–Crippen MR) is 55.2 cm³/mol. The summed E-state index contributed by atoms with van der Waals surface area (Å²) < 4.78 is 0.930. The molecule has 1 heterocycles. The van der Waals surface area contributed by atoms with Crippen molar-refractivity contribution in [2.24, 2.45) is 11.5 Å². The van der Waals surface area contributed by atoms with Crippen LogP contribution in [0, 0.1) is 0 Å². The Morgan fingerprint density at radius 2 is 2.17 bits per heavy atom. The average molecular weight is 253 g/mol. The van der Waals surface area contributed by atoms with Crippen LogP contribution in [0.1, 0.15) is 11.6 Å². The van der Waals surface area contributed by atoms with E-state index in [-0.39, 0.29) is 18.4 Å². The second kappa shape index (κ2) is 5.48. The van der Waals surface area contributed by atoms with Crippen molar-refractivity contribution in [1.29, 1.82) is 0 Å². The van der Waals surface area contributed by atoms with E-state index in [2.05, 4.69) is 20.9 Å². The van der Waals surface area contributed by atoms with E-state index in [1.807, 2.05) is 6.07 Å². The normalized spacial score (nSPS) is 11.9. The van der Waals surface area contributed by atoms with Gasteiger partial charge in [-0.2, -0.15) is 0 Å². The molecule has 12 heavy (non-hydrogen) atoms. The smallest absolute Gasteiger partial charge is 0.0435 e. The molecule has 0 unspecified atom stereocenters. The lowest BCUT2D eigenvalue weighted by Crippen LogP contribution is -2.20. The molecule has 4 N–H and O–H groups in total. The molecular weight excluding hydrogens is 241 g/mol. The van der Waals surface area contributed by atoms with Gasteiger partial charge in [0.2, 0.25) is 0 Å². The summed E-state index contributed by atoms with van der Waals surface area (Å²) in [6.07, 6.45) is 3.44. The molecule has 3 nitrogen and oxygen atoms in total. The van der Waals surface area contributed by atoms with Crippen molar-refractivity contribution < 1.29 is 0 Å². The Bertz CT molecular complexity index is 244. The standard InChI is InChI=1S/C7H10BrN3.ClH/c8-6-1-5(3-11-4-6)7(10)2-9;/h1,3-4,7H,2,9-10H2;1H/t7-;/m1./s1. The molecule has 1 atom stereocenters. The van der Waals surface area contributed by atoms with E-state index in [9.17, 15) is 0 Å². The zero-order valence-electron chi connectivity index (χ0n) is 6.40. The van der Waals surface area contributed by atoms with Crippen LogP contribution in [0.2, 0.25) is 0 Å². The SMILES string of the molecule is Cl.NC[C@@H](N)c1cncc(Br)c1. The first-order valence-corrected chi connectivity index (χ1v) is 4.09. The first-order valence-electron chi connectivity index (χ1n) is 3.30.